The Kier molecular flexibility index (Phi) is 7.45. The van der Waals surface area contributed by atoms with Crippen molar-refractivity contribution in [3.05, 3.63) is 88.8 Å². The Morgan fingerprint density at radius 3 is 2.53 bits per heavy atom. The van der Waals surface area contributed by atoms with Crippen LogP contribution in [0.5, 0.6) is 0 Å². The van der Waals surface area contributed by atoms with Gasteiger partial charge in [-0.1, -0.05) is 30.3 Å². The van der Waals surface area contributed by atoms with Crippen molar-refractivity contribution >= 4 is 29.2 Å². The summed E-state index contributed by atoms with van der Waals surface area (Å²) in [6, 6.07) is 16.0. The van der Waals surface area contributed by atoms with E-state index in [1.54, 1.807) is 36.4 Å². The van der Waals surface area contributed by atoms with Gasteiger partial charge in [-0.25, -0.2) is 8.78 Å². The van der Waals surface area contributed by atoms with Crippen molar-refractivity contribution in [3.63, 3.8) is 0 Å². The van der Waals surface area contributed by atoms with Crippen LogP contribution < -0.4 is 10.6 Å². The molecule has 30 heavy (non-hydrogen) atoms. The Morgan fingerprint density at radius 1 is 0.933 bits per heavy atom. The van der Waals surface area contributed by atoms with Crippen LogP contribution >= 0.6 is 11.3 Å². The normalized spacial score (nSPS) is 10.9. The van der Waals surface area contributed by atoms with E-state index in [-0.39, 0.29) is 43.0 Å². The van der Waals surface area contributed by atoms with Gasteiger partial charge < -0.3 is 10.6 Å². The van der Waals surface area contributed by atoms with Crippen LogP contribution in [0.4, 0.5) is 8.78 Å². The van der Waals surface area contributed by atoms with Crippen LogP contribution in [0.1, 0.15) is 10.4 Å². The number of halogens is 2. The van der Waals surface area contributed by atoms with Crippen molar-refractivity contribution in [1.82, 2.24) is 10.6 Å². The average Bonchev–Trinajstić information content (AvgIpc) is 3.19. The van der Waals surface area contributed by atoms with Crippen LogP contribution in [0.15, 0.2) is 66.7 Å². The summed E-state index contributed by atoms with van der Waals surface area (Å²) in [5.41, 5.74) is 1.12. The zero-order valence-corrected chi connectivity index (χ0v) is 16.8. The van der Waals surface area contributed by atoms with Crippen molar-refractivity contribution < 1.29 is 18.4 Å². The molecule has 0 fully saturated rings. The molecule has 0 saturated carbocycles. The fraction of sp³-hybridized carbons (Fsp3) is 0.130. The maximum atomic E-state index is 13.8. The van der Waals surface area contributed by atoms with Crippen LogP contribution in [0.2, 0.25) is 0 Å². The molecule has 0 aliphatic rings. The molecule has 0 aliphatic heterocycles. The zero-order chi connectivity index (χ0) is 21.3. The van der Waals surface area contributed by atoms with Crippen LogP contribution in [0.3, 0.4) is 0 Å². The van der Waals surface area contributed by atoms with Gasteiger partial charge in [0.05, 0.1) is 6.42 Å². The van der Waals surface area contributed by atoms with E-state index in [2.05, 4.69) is 10.6 Å². The van der Waals surface area contributed by atoms with E-state index < -0.39 is 0 Å². The number of hydrogen-bond acceptors (Lipinski definition) is 3. The van der Waals surface area contributed by atoms with E-state index in [0.717, 1.165) is 9.75 Å². The summed E-state index contributed by atoms with van der Waals surface area (Å²) in [6.07, 6.45) is 3.13. The summed E-state index contributed by atoms with van der Waals surface area (Å²) < 4.78 is 27.0. The van der Waals surface area contributed by atoms with Gasteiger partial charge in [0.2, 0.25) is 11.8 Å². The molecule has 0 saturated heterocycles. The van der Waals surface area contributed by atoms with E-state index in [1.807, 2.05) is 12.1 Å². The highest BCUT2D eigenvalue weighted by atomic mass is 32.1. The third-order valence-corrected chi connectivity index (χ3v) is 5.25. The Bertz CT molecular complexity index is 1060. The topological polar surface area (TPSA) is 58.2 Å². The first-order valence-corrected chi connectivity index (χ1v) is 10.1. The molecular weight excluding hydrogens is 406 g/mol. The number of nitrogens with one attached hydrogen (secondary N) is 2. The lowest BCUT2D eigenvalue weighted by molar-refractivity contribution is -0.121. The molecule has 1 heterocycles. The highest BCUT2D eigenvalue weighted by molar-refractivity contribution is 7.16. The molecule has 0 radical (unpaired) electrons. The highest BCUT2D eigenvalue weighted by Crippen LogP contribution is 2.30. The summed E-state index contributed by atoms with van der Waals surface area (Å²) in [5, 5.41) is 5.35. The zero-order valence-electron chi connectivity index (χ0n) is 16.0. The largest absolute Gasteiger partial charge is 0.354 e. The predicted octanol–water partition coefficient (Wildman–Crippen LogP) is 4.18. The van der Waals surface area contributed by atoms with Crippen molar-refractivity contribution in [2.75, 3.05) is 13.1 Å². The molecule has 0 aliphatic carbocycles. The summed E-state index contributed by atoms with van der Waals surface area (Å²) in [6.45, 7) is 0.535. The number of rotatable bonds is 8. The highest BCUT2D eigenvalue weighted by Gasteiger charge is 2.07. The van der Waals surface area contributed by atoms with Crippen molar-refractivity contribution in [2.45, 2.75) is 6.42 Å². The van der Waals surface area contributed by atoms with Gasteiger partial charge in [-0.05, 0) is 42.0 Å². The lowest BCUT2D eigenvalue weighted by Crippen LogP contribution is -2.34. The average molecular weight is 426 g/mol. The molecule has 2 amide bonds. The standard InChI is InChI=1S/C23H20F2N2O2S/c24-17-5-3-4-16(14-17)15-23(29)27-13-12-26-22(28)11-9-18-8-10-21(30-18)19-6-1-2-7-20(19)25/h1-11,14H,12-13,15H2,(H,26,28)(H,27,29)/b11-9+. The summed E-state index contributed by atoms with van der Waals surface area (Å²) in [7, 11) is 0. The first kappa shape index (κ1) is 21.4. The van der Waals surface area contributed by atoms with E-state index in [9.17, 15) is 18.4 Å². The van der Waals surface area contributed by atoms with E-state index in [0.29, 0.717) is 11.1 Å². The number of benzene rings is 2. The van der Waals surface area contributed by atoms with Crippen molar-refractivity contribution in [3.8, 4) is 10.4 Å². The van der Waals surface area contributed by atoms with Crippen LogP contribution in [0, 0.1) is 11.6 Å². The quantitative estimate of drug-likeness (QED) is 0.419. The Hall–Kier alpha value is -3.32. The summed E-state index contributed by atoms with van der Waals surface area (Å²) >= 11 is 1.39. The smallest absolute Gasteiger partial charge is 0.244 e. The number of carbonyl (C=O) groups excluding carboxylic acids is 2. The van der Waals surface area contributed by atoms with Gasteiger partial charge in [-0.2, -0.15) is 0 Å². The molecule has 1 aromatic heterocycles. The molecule has 2 N–H and O–H groups in total. The van der Waals surface area contributed by atoms with Crippen molar-refractivity contribution in [1.29, 1.82) is 0 Å². The first-order valence-electron chi connectivity index (χ1n) is 9.33. The van der Waals surface area contributed by atoms with Gasteiger partial charge in [0.1, 0.15) is 11.6 Å². The second-order valence-electron chi connectivity index (χ2n) is 6.46. The van der Waals surface area contributed by atoms with E-state index in [4.69, 9.17) is 0 Å². The molecule has 0 spiro atoms. The van der Waals surface area contributed by atoms with Gasteiger partial charge in [-0.15, -0.1) is 11.3 Å². The van der Waals surface area contributed by atoms with Gasteiger partial charge in [0, 0.05) is 34.5 Å². The Labute approximate surface area is 177 Å². The second-order valence-corrected chi connectivity index (χ2v) is 7.58. The molecule has 3 rings (SSSR count). The first-order chi connectivity index (χ1) is 14.5. The maximum absolute atomic E-state index is 13.8. The number of hydrogen-bond donors (Lipinski definition) is 2. The minimum absolute atomic E-state index is 0.0777. The lowest BCUT2D eigenvalue weighted by atomic mass is 10.1. The minimum atomic E-state index is -0.383. The van der Waals surface area contributed by atoms with Crippen LogP contribution in [-0.4, -0.2) is 24.9 Å². The van der Waals surface area contributed by atoms with Gasteiger partial charge >= 0.3 is 0 Å². The molecule has 0 bridgehead atoms. The molecule has 7 heteroatoms. The van der Waals surface area contributed by atoms with Gasteiger partial charge in [0.15, 0.2) is 0 Å². The fourth-order valence-electron chi connectivity index (χ4n) is 2.75. The lowest BCUT2D eigenvalue weighted by Gasteiger charge is -2.06. The molecular formula is C23H20F2N2O2S. The van der Waals surface area contributed by atoms with Gasteiger partial charge in [0.25, 0.3) is 0 Å². The molecule has 4 nitrogen and oxygen atoms in total. The maximum Gasteiger partial charge on any atom is 0.244 e. The van der Waals surface area contributed by atoms with Gasteiger partial charge in [-0.3, -0.25) is 9.59 Å². The minimum Gasteiger partial charge on any atom is -0.354 e. The predicted molar refractivity (Wildman–Crippen MR) is 115 cm³/mol. The van der Waals surface area contributed by atoms with Crippen molar-refractivity contribution in [2.24, 2.45) is 0 Å². The third-order valence-electron chi connectivity index (χ3n) is 4.17. The van der Waals surface area contributed by atoms with Crippen LogP contribution in [-0.2, 0) is 16.0 Å². The number of carbonyl (C=O) groups is 2. The summed E-state index contributed by atoms with van der Waals surface area (Å²) in [5.74, 6) is -1.21. The molecule has 154 valence electrons. The van der Waals surface area contributed by atoms with E-state index in [1.165, 1.54) is 35.6 Å². The third kappa shape index (κ3) is 6.35. The Balaban J connectivity index is 1.40. The van der Waals surface area contributed by atoms with E-state index >= 15 is 0 Å². The monoisotopic (exact) mass is 426 g/mol. The second kappa shape index (κ2) is 10.5. The molecule has 2 aromatic carbocycles. The molecule has 3 aromatic rings. The number of amides is 2. The Morgan fingerprint density at radius 2 is 1.73 bits per heavy atom. The number of thiophene rings is 1. The SMILES string of the molecule is O=C(/C=C/c1ccc(-c2ccccc2F)s1)NCCNC(=O)Cc1cccc(F)c1. The molecule has 0 unspecified atom stereocenters. The fourth-order valence-corrected chi connectivity index (χ4v) is 3.69. The molecule has 0 atom stereocenters. The summed E-state index contributed by atoms with van der Waals surface area (Å²) in [4.78, 5) is 25.4. The van der Waals surface area contributed by atoms with Crippen LogP contribution in [0.25, 0.3) is 16.5 Å².